The third-order valence-electron chi connectivity index (χ3n) is 4.67. The summed E-state index contributed by atoms with van der Waals surface area (Å²) in [6, 6.07) is 23.3. The number of aromatic nitrogens is 3. The maximum Gasteiger partial charge on any atom is 0.249 e. The molecule has 1 N–H and O–H groups in total. The Balaban J connectivity index is 1.42. The van der Waals surface area contributed by atoms with Crippen LogP contribution < -0.4 is 10.1 Å². The Bertz CT molecular complexity index is 1130. The second-order valence-electron chi connectivity index (χ2n) is 6.82. The average molecular weight is 370 g/mol. The molecule has 0 spiro atoms. The summed E-state index contributed by atoms with van der Waals surface area (Å²) in [6.07, 6.45) is 1.89. The number of rotatable bonds is 5. The molecule has 0 unspecified atom stereocenters. The molecule has 6 nitrogen and oxygen atoms in total. The van der Waals surface area contributed by atoms with Crippen LogP contribution in [0.1, 0.15) is 12.8 Å². The van der Waals surface area contributed by atoms with Gasteiger partial charge in [0.15, 0.2) is 5.65 Å². The van der Waals surface area contributed by atoms with Gasteiger partial charge in [0.1, 0.15) is 11.5 Å². The van der Waals surface area contributed by atoms with Crippen molar-refractivity contribution in [2.24, 2.45) is 5.92 Å². The zero-order valence-electron chi connectivity index (χ0n) is 15.1. The molecule has 4 aromatic rings. The van der Waals surface area contributed by atoms with Gasteiger partial charge in [-0.25, -0.2) is 4.52 Å². The highest BCUT2D eigenvalue weighted by Crippen LogP contribution is 2.30. The van der Waals surface area contributed by atoms with Crippen LogP contribution in [0.4, 0.5) is 5.95 Å². The quantitative estimate of drug-likeness (QED) is 0.560. The number of anilines is 1. The lowest BCUT2D eigenvalue weighted by Gasteiger charge is -2.07. The smallest absolute Gasteiger partial charge is 0.249 e. The summed E-state index contributed by atoms with van der Waals surface area (Å²) in [5.41, 5.74) is 2.56. The predicted octanol–water partition coefficient (Wildman–Crippen LogP) is 4.54. The second kappa shape index (κ2) is 6.81. The molecule has 5 rings (SSSR count). The monoisotopic (exact) mass is 370 g/mol. The molecule has 1 aliphatic carbocycles. The molecule has 0 aliphatic heterocycles. The number of hydrogen-bond acceptors (Lipinski definition) is 4. The first-order valence-electron chi connectivity index (χ1n) is 9.26. The lowest BCUT2D eigenvalue weighted by molar-refractivity contribution is -0.117. The van der Waals surface area contributed by atoms with Crippen LogP contribution in [-0.2, 0) is 4.79 Å². The van der Waals surface area contributed by atoms with Crippen LogP contribution in [0.2, 0.25) is 0 Å². The number of carbonyl (C=O) groups excluding carboxylic acids is 1. The van der Waals surface area contributed by atoms with Crippen molar-refractivity contribution in [1.82, 2.24) is 14.6 Å². The summed E-state index contributed by atoms with van der Waals surface area (Å²) in [5.74, 6) is 2.01. The van der Waals surface area contributed by atoms with E-state index in [0.29, 0.717) is 11.6 Å². The second-order valence-corrected chi connectivity index (χ2v) is 6.82. The van der Waals surface area contributed by atoms with Gasteiger partial charge in [0.05, 0.1) is 5.69 Å². The van der Waals surface area contributed by atoms with Gasteiger partial charge >= 0.3 is 0 Å². The number of pyridine rings is 1. The Morgan fingerprint density at radius 2 is 1.68 bits per heavy atom. The number of hydrogen-bond donors (Lipinski definition) is 1. The Morgan fingerprint density at radius 3 is 2.43 bits per heavy atom. The molecule has 2 aromatic carbocycles. The number of fused-ring (bicyclic) bond motifs is 1. The van der Waals surface area contributed by atoms with E-state index in [9.17, 15) is 4.79 Å². The molecule has 138 valence electrons. The van der Waals surface area contributed by atoms with Crippen LogP contribution in [0.25, 0.3) is 16.9 Å². The molecule has 1 saturated carbocycles. The maximum absolute atomic E-state index is 12.0. The minimum atomic E-state index is -0.000121. The van der Waals surface area contributed by atoms with E-state index < -0.39 is 0 Å². The van der Waals surface area contributed by atoms with Gasteiger partial charge in [-0.15, -0.1) is 5.10 Å². The number of ether oxygens (including phenoxy) is 1. The third kappa shape index (κ3) is 3.32. The summed E-state index contributed by atoms with van der Waals surface area (Å²) >= 11 is 0. The van der Waals surface area contributed by atoms with Crippen molar-refractivity contribution in [2.75, 3.05) is 5.32 Å². The van der Waals surface area contributed by atoms with Gasteiger partial charge < -0.3 is 4.74 Å². The molecular formula is C22H18N4O2. The predicted molar refractivity (Wildman–Crippen MR) is 106 cm³/mol. The van der Waals surface area contributed by atoms with Gasteiger partial charge in [-0.05, 0) is 61.4 Å². The lowest BCUT2D eigenvalue weighted by Crippen LogP contribution is -2.14. The number of para-hydroxylation sites is 1. The number of nitrogens with one attached hydrogen (secondary N) is 1. The fourth-order valence-corrected chi connectivity index (χ4v) is 3.05. The van der Waals surface area contributed by atoms with E-state index >= 15 is 0 Å². The minimum Gasteiger partial charge on any atom is -0.457 e. The SMILES string of the molecule is O=C(Nc1nc2cccc(-c3ccc(Oc4ccccc4)cc3)n2n1)C1CC1. The maximum atomic E-state index is 12.0. The summed E-state index contributed by atoms with van der Waals surface area (Å²) in [5, 5.41) is 7.28. The average Bonchev–Trinajstić information content (AvgIpc) is 3.49. The molecule has 1 aliphatic rings. The number of carbonyl (C=O) groups is 1. The highest BCUT2D eigenvalue weighted by Gasteiger charge is 2.30. The highest BCUT2D eigenvalue weighted by atomic mass is 16.5. The molecule has 0 radical (unpaired) electrons. The number of amides is 1. The lowest BCUT2D eigenvalue weighted by atomic mass is 10.1. The molecule has 28 heavy (non-hydrogen) atoms. The van der Waals surface area contributed by atoms with Crippen LogP contribution in [0.15, 0.2) is 72.8 Å². The Labute approximate surface area is 161 Å². The van der Waals surface area contributed by atoms with Crippen LogP contribution in [0.5, 0.6) is 11.5 Å². The van der Waals surface area contributed by atoms with Crippen molar-refractivity contribution in [1.29, 1.82) is 0 Å². The molecule has 1 amide bonds. The fourth-order valence-electron chi connectivity index (χ4n) is 3.05. The van der Waals surface area contributed by atoms with Crippen LogP contribution in [-0.4, -0.2) is 20.5 Å². The van der Waals surface area contributed by atoms with Crippen molar-refractivity contribution >= 4 is 17.5 Å². The van der Waals surface area contributed by atoms with Gasteiger partial charge in [-0.1, -0.05) is 24.3 Å². The van der Waals surface area contributed by atoms with E-state index in [1.54, 1.807) is 4.52 Å². The number of benzene rings is 2. The summed E-state index contributed by atoms with van der Waals surface area (Å²) in [7, 11) is 0. The normalized spacial score (nSPS) is 13.4. The molecule has 0 saturated heterocycles. The Kier molecular flexibility index (Phi) is 4.01. The van der Waals surface area contributed by atoms with E-state index in [0.717, 1.165) is 35.6 Å². The Morgan fingerprint density at radius 1 is 0.929 bits per heavy atom. The van der Waals surface area contributed by atoms with Crippen LogP contribution in [0, 0.1) is 5.92 Å². The van der Waals surface area contributed by atoms with Crippen LogP contribution >= 0.6 is 0 Å². The van der Waals surface area contributed by atoms with Gasteiger partial charge in [0.2, 0.25) is 11.9 Å². The molecule has 0 bridgehead atoms. The zero-order valence-corrected chi connectivity index (χ0v) is 15.1. The molecule has 2 aromatic heterocycles. The van der Waals surface area contributed by atoms with Crippen molar-refractivity contribution < 1.29 is 9.53 Å². The van der Waals surface area contributed by atoms with E-state index in [2.05, 4.69) is 15.4 Å². The number of nitrogens with zero attached hydrogens (tertiary/aromatic N) is 3. The van der Waals surface area contributed by atoms with E-state index in [1.165, 1.54) is 0 Å². The largest absolute Gasteiger partial charge is 0.457 e. The summed E-state index contributed by atoms with van der Waals surface area (Å²) in [6.45, 7) is 0. The van der Waals surface area contributed by atoms with Crippen molar-refractivity contribution in [3.05, 3.63) is 72.8 Å². The highest BCUT2D eigenvalue weighted by molar-refractivity contribution is 5.92. The standard InChI is InChI=1S/C22H18N4O2/c27-21(16-9-10-16)24-22-23-20-8-4-7-19(26(20)25-22)15-11-13-18(14-12-15)28-17-5-2-1-3-6-17/h1-8,11-14,16H,9-10H2,(H,24,25,27). The molecule has 2 heterocycles. The van der Waals surface area contributed by atoms with Crippen LogP contribution in [0.3, 0.4) is 0 Å². The van der Waals surface area contributed by atoms with E-state index in [4.69, 9.17) is 4.74 Å². The Hall–Kier alpha value is -3.67. The van der Waals surface area contributed by atoms with Gasteiger partial charge in [0, 0.05) is 11.5 Å². The first kappa shape index (κ1) is 16.5. The first-order chi connectivity index (χ1) is 13.8. The van der Waals surface area contributed by atoms with Crippen molar-refractivity contribution in [3.8, 4) is 22.8 Å². The van der Waals surface area contributed by atoms with E-state index in [-0.39, 0.29) is 11.8 Å². The van der Waals surface area contributed by atoms with Crippen molar-refractivity contribution in [2.45, 2.75) is 12.8 Å². The summed E-state index contributed by atoms with van der Waals surface area (Å²) in [4.78, 5) is 16.4. The summed E-state index contributed by atoms with van der Waals surface area (Å²) < 4.78 is 7.60. The zero-order chi connectivity index (χ0) is 18.9. The van der Waals surface area contributed by atoms with Crippen molar-refractivity contribution in [3.63, 3.8) is 0 Å². The van der Waals surface area contributed by atoms with Gasteiger partial charge in [0.25, 0.3) is 0 Å². The molecule has 6 heteroatoms. The van der Waals surface area contributed by atoms with Gasteiger partial charge in [-0.3, -0.25) is 10.1 Å². The first-order valence-corrected chi connectivity index (χ1v) is 9.26. The molecular weight excluding hydrogens is 352 g/mol. The topological polar surface area (TPSA) is 68.5 Å². The molecule has 0 atom stereocenters. The van der Waals surface area contributed by atoms with E-state index in [1.807, 2.05) is 72.8 Å². The third-order valence-corrected chi connectivity index (χ3v) is 4.67. The van der Waals surface area contributed by atoms with Gasteiger partial charge in [-0.2, -0.15) is 4.98 Å². The fraction of sp³-hybridized carbons (Fsp3) is 0.136. The molecule has 1 fully saturated rings. The minimum absolute atomic E-state index is 0.000121.